The minimum atomic E-state index is -0.683. The topological polar surface area (TPSA) is 20.2 Å². The van der Waals surface area contributed by atoms with E-state index in [2.05, 4.69) is 0 Å². The van der Waals surface area contributed by atoms with Crippen LogP contribution in [0.4, 0.5) is 0 Å². The van der Waals surface area contributed by atoms with Crippen molar-refractivity contribution < 1.29 is 5.11 Å². The molecule has 2 heteroatoms. The van der Waals surface area contributed by atoms with Crippen molar-refractivity contribution >= 4 is 11.6 Å². The van der Waals surface area contributed by atoms with Gasteiger partial charge in [0.15, 0.2) is 0 Å². The molecule has 1 aromatic carbocycles. The van der Waals surface area contributed by atoms with E-state index in [0.29, 0.717) is 5.03 Å². The van der Waals surface area contributed by atoms with Gasteiger partial charge in [0.25, 0.3) is 0 Å². The van der Waals surface area contributed by atoms with E-state index in [1.807, 2.05) is 30.3 Å². The Kier molecular flexibility index (Phi) is 3.32. The van der Waals surface area contributed by atoms with Crippen molar-refractivity contribution in [2.75, 3.05) is 0 Å². The average molecular weight is 183 g/mol. The van der Waals surface area contributed by atoms with Crippen molar-refractivity contribution in [3.63, 3.8) is 0 Å². The Morgan fingerprint density at radius 2 is 2.00 bits per heavy atom. The molecule has 1 nitrogen and oxygen atoms in total. The third kappa shape index (κ3) is 2.10. The Labute approximate surface area is 77.3 Å². The summed E-state index contributed by atoms with van der Waals surface area (Å²) in [5, 5.41) is 10.0. The van der Waals surface area contributed by atoms with Crippen LogP contribution in [0.5, 0.6) is 0 Å². The normalized spacial score (nSPS) is 14.4. The summed E-state index contributed by atoms with van der Waals surface area (Å²) in [6.45, 7) is 1.80. The van der Waals surface area contributed by atoms with Gasteiger partial charge < -0.3 is 5.11 Å². The highest BCUT2D eigenvalue weighted by Crippen LogP contribution is 2.23. The van der Waals surface area contributed by atoms with Gasteiger partial charge >= 0.3 is 0 Å². The standard InChI is InChI=1S/C10H11ClO/c1-2-9(11)10(12)8-6-4-3-5-7-8/h2-7,10,12H,1H3/b9-2+. The zero-order chi connectivity index (χ0) is 8.97. The lowest BCUT2D eigenvalue weighted by molar-refractivity contribution is 0.223. The summed E-state index contributed by atoms with van der Waals surface area (Å²) in [5.74, 6) is 0. The van der Waals surface area contributed by atoms with E-state index in [-0.39, 0.29) is 0 Å². The molecule has 12 heavy (non-hydrogen) atoms. The summed E-state index contributed by atoms with van der Waals surface area (Å²) in [6.07, 6.45) is 1.01. The maximum absolute atomic E-state index is 9.59. The molecule has 0 saturated carbocycles. The molecule has 1 aromatic rings. The molecular formula is C10H11ClO. The molecule has 0 fully saturated rings. The molecule has 1 N–H and O–H groups in total. The number of rotatable bonds is 2. The van der Waals surface area contributed by atoms with E-state index >= 15 is 0 Å². The van der Waals surface area contributed by atoms with Crippen LogP contribution in [0.25, 0.3) is 0 Å². The molecule has 0 aliphatic heterocycles. The van der Waals surface area contributed by atoms with E-state index < -0.39 is 6.10 Å². The zero-order valence-corrected chi connectivity index (χ0v) is 7.62. The number of allylic oxidation sites excluding steroid dienone is 1. The number of halogens is 1. The smallest absolute Gasteiger partial charge is 0.114 e. The van der Waals surface area contributed by atoms with Gasteiger partial charge in [0.05, 0.1) is 0 Å². The van der Waals surface area contributed by atoms with Gasteiger partial charge in [-0.05, 0) is 12.5 Å². The SMILES string of the molecule is C/C=C(/Cl)C(O)c1ccccc1. The lowest BCUT2D eigenvalue weighted by Crippen LogP contribution is -1.95. The van der Waals surface area contributed by atoms with Crippen LogP contribution in [0.3, 0.4) is 0 Å². The highest BCUT2D eigenvalue weighted by atomic mass is 35.5. The molecule has 0 saturated heterocycles. The first kappa shape index (κ1) is 9.30. The van der Waals surface area contributed by atoms with Gasteiger partial charge in [-0.1, -0.05) is 48.0 Å². The van der Waals surface area contributed by atoms with Crippen LogP contribution >= 0.6 is 11.6 Å². The predicted octanol–water partition coefficient (Wildman–Crippen LogP) is 2.86. The van der Waals surface area contributed by atoms with Crippen LogP contribution < -0.4 is 0 Å². The lowest BCUT2D eigenvalue weighted by atomic mass is 10.1. The first-order chi connectivity index (χ1) is 5.75. The number of aliphatic hydroxyl groups is 1. The lowest BCUT2D eigenvalue weighted by Gasteiger charge is -2.08. The van der Waals surface area contributed by atoms with E-state index in [9.17, 15) is 5.11 Å². The molecule has 0 heterocycles. The van der Waals surface area contributed by atoms with Crippen LogP contribution in [0, 0.1) is 0 Å². The molecule has 0 spiro atoms. The molecule has 0 aliphatic rings. The molecule has 0 radical (unpaired) electrons. The van der Waals surface area contributed by atoms with Gasteiger partial charge in [0.1, 0.15) is 6.10 Å². The van der Waals surface area contributed by atoms with Crippen molar-refractivity contribution in [2.24, 2.45) is 0 Å². The van der Waals surface area contributed by atoms with Gasteiger partial charge in [0, 0.05) is 5.03 Å². The van der Waals surface area contributed by atoms with Crippen LogP contribution in [0.1, 0.15) is 18.6 Å². The second kappa shape index (κ2) is 4.29. The van der Waals surface area contributed by atoms with Gasteiger partial charge in [-0.2, -0.15) is 0 Å². The van der Waals surface area contributed by atoms with E-state index in [1.54, 1.807) is 13.0 Å². The third-order valence-corrected chi connectivity index (χ3v) is 2.08. The fourth-order valence-corrected chi connectivity index (χ4v) is 1.08. The maximum Gasteiger partial charge on any atom is 0.114 e. The quantitative estimate of drug-likeness (QED) is 0.746. The van der Waals surface area contributed by atoms with Crippen LogP contribution in [-0.2, 0) is 0 Å². The Hall–Kier alpha value is -0.790. The van der Waals surface area contributed by atoms with Crippen LogP contribution in [0.2, 0.25) is 0 Å². The monoisotopic (exact) mass is 182 g/mol. The molecule has 1 unspecified atom stereocenters. The van der Waals surface area contributed by atoms with Crippen molar-refractivity contribution in [2.45, 2.75) is 13.0 Å². The molecule has 0 aliphatic carbocycles. The summed E-state index contributed by atoms with van der Waals surface area (Å²) < 4.78 is 0. The molecule has 0 amide bonds. The molecular weight excluding hydrogens is 172 g/mol. The number of aliphatic hydroxyl groups excluding tert-OH is 1. The Morgan fingerprint density at radius 1 is 1.42 bits per heavy atom. The number of hydrogen-bond donors (Lipinski definition) is 1. The first-order valence-electron chi connectivity index (χ1n) is 3.80. The summed E-state index contributed by atoms with van der Waals surface area (Å²) in [6, 6.07) is 9.34. The summed E-state index contributed by atoms with van der Waals surface area (Å²) in [4.78, 5) is 0. The van der Waals surface area contributed by atoms with Gasteiger partial charge in [-0.25, -0.2) is 0 Å². The summed E-state index contributed by atoms with van der Waals surface area (Å²) in [7, 11) is 0. The maximum atomic E-state index is 9.59. The first-order valence-corrected chi connectivity index (χ1v) is 4.18. The highest BCUT2D eigenvalue weighted by molar-refractivity contribution is 6.30. The zero-order valence-electron chi connectivity index (χ0n) is 6.87. The Morgan fingerprint density at radius 3 is 2.50 bits per heavy atom. The molecule has 0 aromatic heterocycles. The minimum absolute atomic E-state index is 0.459. The fraction of sp³-hybridized carbons (Fsp3) is 0.200. The van der Waals surface area contributed by atoms with Crippen LogP contribution in [0.15, 0.2) is 41.4 Å². The van der Waals surface area contributed by atoms with Gasteiger partial charge in [0.2, 0.25) is 0 Å². The molecule has 1 rings (SSSR count). The Balaban J connectivity index is 2.86. The van der Waals surface area contributed by atoms with Crippen molar-refractivity contribution in [1.29, 1.82) is 0 Å². The highest BCUT2D eigenvalue weighted by Gasteiger charge is 2.08. The molecule has 64 valence electrons. The van der Waals surface area contributed by atoms with Gasteiger partial charge in [-0.15, -0.1) is 0 Å². The van der Waals surface area contributed by atoms with Gasteiger partial charge in [-0.3, -0.25) is 0 Å². The van der Waals surface area contributed by atoms with Crippen molar-refractivity contribution in [3.8, 4) is 0 Å². The van der Waals surface area contributed by atoms with Crippen molar-refractivity contribution in [1.82, 2.24) is 0 Å². The second-order valence-corrected chi connectivity index (χ2v) is 2.92. The summed E-state index contributed by atoms with van der Waals surface area (Å²) >= 11 is 5.76. The van der Waals surface area contributed by atoms with Crippen molar-refractivity contribution in [3.05, 3.63) is 47.0 Å². The summed E-state index contributed by atoms with van der Waals surface area (Å²) in [5.41, 5.74) is 0.820. The molecule has 0 bridgehead atoms. The third-order valence-electron chi connectivity index (χ3n) is 1.65. The molecule has 1 atom stereocenters. The number of benzene rings is 1. The fourth-order valence-electron chi connectivity index (χ4n) is 0.952. The second-order valence-electron chi connectivity index (χ2n) is 2.49. The van der Waals surface area contributed by atoms with Crippen LogP contribution in [-0.4, -0.2) is 5.11 Å². The average Bonchev–Trinajstić information content (AvgIpc) is 2.17. The largest absolute Gasteiger partial charge is 0.383 e. The Bertz CT molecular complexity index is 266. The predicted molar refractivity (Wildman–Crippen MR) is 51.0 cm³/mol. The van der Waals surface area contributed by atoms with E-state index in [1.165, 1.54) is 0 Å². The number of hydrogen-bond acceptors (Lipinski definition) is 1. The minimum Gasteiger partial charge on any atom is -0.383 e. The van der Waals surface area contributed by atoms with E-state index in [0.717, 1.165) is 5.56 Å². The van der Waals surface area contributed by atoms with E-state index in [4.69, 9.17) is 11.6 Å².